The molecule has 0 aliphatic rings. The van der Waals surface area contributed by atoms with Crippen molar-refractivity contribution in [3.8, 4) is 0 Å². The second-order valence-corrected chi connectivity index (χ2v) is 5.23. The van der Waals surface area contributed by atoms with Crippen LogP contribution in [0, 0.1) is 5.92 Å². The number of amides is 3. The number of hydrogen-bond acceptors (Lipinski definition) is 3. The summed E-state index contributed by atoms with van der Waals surface area (Å²) in [4.78, 5) is 34.5. The van der Waals surface area contributed by atoms with Crippen molar-refractivity contribution < 1.29 is 14.4 Å². The van der Waals surface area contributed by atoms with Gasteiger partial charge in [0.25, 0.3) is 0 Å². The van der Waals surface area contributed by atoms with Crippen LogP contribution in [0.3, 0.4) is 0 Å². The smallest absolute Gasteiger partial charge is 0.239 e. The first-order valence-electron chi connectivity index (χ1n) is 7.34. The number of benzene rings is 1. The molecule has 1 aromatic carbocycles. The molecule has 120 valence electrons. The van der Waals surface area contributed by atoms with Gasteiger partial charge in [0.15, 0.2) is 0 Å². The van der Waals surface area contributed by atoms with Gasteiger partial charge in [0.1, 0.15) is 0 Å². The second kappa shape index (κ2) is 9.55. The van der Waals surface area contributed by atoms with Crippen LogP contribution in [0.25, 0.3) is 0 Å². The number of carbonyl (C=O) groups excluding carboxylic acids is 3. The van der Waals surface area contributed by atoms with Crippen LogP contribution in [0.2, 0.25) is 0 Å². The predicted molar refractivity (Wildman–Crippen MR) is 84.0 cm³/mol. The number of nitrogens with one attached hydrogen (secondary N) is 3. The van der Waals surface area contributed by atoms with Crippen molar-refractivity contribution >= 4 is 17.7 Å². The summed E-state index contributed by atoms with van der Waals surface area (Å²) in [5.74, 6) is -0.604. The van der Waals surface area contributed by atoms with E-state index in [1.54, 1.807) is 13.8 Å². The largest absolute Gasteiger partial charge is 0.354 e. The predicted octanol–water partition coefficient (Wildman–Crippen LogP) is 0.234. The molecule has 1 rings (SSSR count). The maximum atomic E-state index is 11.7. The van der Waals surface area contributed by atoms with E-state index in [0.29, 0.717) is 13.1 Å². The Morgan fingerprint density at radius 3 is 2.18 bits per heavy atom. The molecule has 0 bridgehead atoms. The fraction of sp³-hybridized carbons (Fsp3) is 0.438. The Morgan fingerprint density at radius 2 is 1.55 bits per heavy atom. The van der Waals surface area contributed by atoms with Crippen molar-refractivity contribution in [2.75, 3.05) is 19.6 Å². The average Bonchev–Trinajstić information content (AvgIpc) is 2.50. The molecule has 0 saturated carbocycles. The quantitative estimate of drug-likeness (QED) is 0.601. The maximum Gasteiger partial charge on any atom is 0.239 e. The van der Waals surface area contributed by atoms with Crippen LogP contribution in [-0.4, -0.2) is 37.4 Å². The summed E-state index contributed by atoms with van der Waals surface area (Å²) >= 11 is 0. The van der Waals surface area contributed by atoms with Crippen molar-refractivity contribution in [3.05, 3.63) is 35.9 Å². The van der Waals surface area contributed by atoms with Crippen molar-refractivity contribution in [2.24, 2.45) is 5.92 Å². The molecule has 0 fully saturated rings. The van der Waals surface area contributed by atoms with E-state index in [1.807, 2.05) is 30.3 Å². The topological polar surface area (TPSA) is 87.3 Å². The molecule has 0 aliphatic carbocycles. The summed E-state index contributed by atoms with van der Waals surface area (Å²) in [5, 5.41) is 7.88. The molecule has 3 N–H and O–H groups in total. The fourth-order valence-corrected chi connectivity index (χ4v) is 1.68. The number of carbonyl (C=O) groups is 3. The summed E-state index contributed by atoms with van der Waals surface area (Å²) in [5.41, 5.74) is 0.900. The van der Waals surface area contributed by atoms with Crippen LogP contribution in [0.1, 0.15) is 19.4 Å². The summed E-state index contributed by atoms with van der Waals surface area (Å²) in [6.07, 6.45) is 0.249. The van der Waals surface area contributed by atoms with Crippen molar-refractivity contribution in [1.29, 1.82) is 0 Å². The minimum absolute atomic E-state index is 0.0505. The molecule has 0 saturated heterocycles. The van der Waals surface area contributed by atoms with Gasteiger partial charge in [-0.2, -0.15) is 0 Å². The lowest BCUT2D eigenvalue weighted by Gasteiger charge is -2.09. The van der Waals surface area contributed by atoms with Gasteiger partial charge in [0.2, 0.25) is 17.7 Å². The van der Waals surface area contributed by atoms with Gasteiger partial charge in [-0.05, 0) is 5.56 Å². The molecule has 0 radical (unpaired) electrons. The van der Waals surface area contributed by atoms with Crippen LogP contribution >= 0.6 is 0 Å². The zero-order valence-corrected chi connectivity index (χ0v) is 13.0. The normalized spacial score (nSPS) is 10.1. The van der Waals surface area contributed by atoms with Crippen molar-refractivity contribution in [2.45, 2.75) is 20.3 Å². The monoisotopic (exact) mass is 305 g/mol. The third-order valence-electron chi connectivity index (χ3n) is 2.92. The lowest BCUT2D eigenvalue weighted by molar-refractivity contribution is -0.126. The average molecular weight is 305 g/mol. The van der Waals surface area contributed by atoms with E-state index in [9.17, 15) is 14.4 Å². The lowest BCUT2D eigenvalue weighted by Crippen LogP contribution is -2.41. The Labute approximate surface area is 130 Å². The van der Waals surface area contributed by atoms with Gasteiger partial charge in [-0.3, -0.25) is 14.4 Å². The summed E-state index contributed by atoms with van der Waals surface area (Å²) in [6.45, 7) is 4.25. The first kappa shape index (κ1) is 17.7. The molecule has 1 aromatic rings. The van der Waals surface area contributed by atoms with E-state index in [2.05, 4.69) is 16.0 Å². The Hall–Kier alpha value is -2.37. The molecule has 0 spiro atoms. The van der Waals surface area contributed by atoms with Gasteiger partial charge in [-0.25, -0.2) is 0 Å². The Kier molecular flexibility index (Phi) is 7.67. The SMILES string of the molecule is CC(C)C(=O)NCCNC(=O)CNC(=O)Cc1ccccc1. The summed E-state index contributed by atoms with van der Waals surface area (Å²) in [6, 6.07) is 9.32. The Morgan fingerprint density at radius 1 is 0.909 bits per heavy atom. The first-order chi connectivity index (χ1) is 10.5. The van der Waals surface area contributed by atoms with Crippen molar-refractivity contribution in [3.63, 3.8) is 0 Å². The second-order valence-electron chi connectivity index (χ2n) is 5.23. The highest BCUT2D eigenvalue weighted by molar-refractivity contribution is 5.85. The van der Waals surface area contributed by atoms with Gasteiger partial charge in [-0.15, -0.1) is 0 Å². The molecule has 0 aromatic heterocycles. The van der Waals surface area contributed by atoms with Crippen LogP contribution < -0.4 is 16.0 Å². The van der Waals surface area contributed by atoms with Gasteiger partial charge < -0.3 is 16.0 Å². The van der Waals surface area contributed by atoms with Crippen LogP contribution in [0.4, 0.5) is 0 Å². The minimum atomic E-state index is -0.278. The molecule has 0 atom stereocenters. The molecule has 6 nitrogen and oxygen atoms in total. The number of hydrogen-bond donors (Lipinski definition) is 3. The Bertz CT molecular complexity index is 501. The number of rotatable bonds is 8. The molecule has 6 heteroatoms. The molecular weight excluding hydrogens is 282 g/mol. The maximum absolute atomic E-state index is 11.7. The highest BCUT2D eigenvalue weighted by Crippen LogP contribution is 1.98. The van der Waals surface area contributed by atoms with Gasteiger partial charge in [0.05, 0.1) is 13.0 Å². The van der Waals surface area contributed by atoms with Crippen LogP contribution in [0.5, 0.6) is 0 Å². The van der Waals surface area contributed by atoms with E-state index in [0.717, 1.165) is 5.56 Å². The molecule has 22 heavy (non-hydrogen) atoms. The van der Waals surface area contributed by atoms with Crippen molar-refractivity contribution in [1.82, 2.24) is 16.0 Å². The van der Waals surface area contributed by atoms with Gasteiger partial charge in [0, 0.05) is 19.0 Å². The molecule has 3 amide bonds. The van der Waals surface area contributed by atoms with E-state index in [4.69, 9.17) is 0 Å². The van der Waals surface area contributed by atoms with Crippen LogP contribution in [-0.2, 0) is 20.8 Å². The molecule has 0 heterocycles. The van der Waals surface area contributed by atoms with E-state index in [-0.39, 0.29) is 36.6 Å². The first-order valence-corrected chi connectivity index (χ1v) is 7.34. The molecule has 0 aliphatic heterocycles. The van der Waals surface area contributed by atoms with E-state index >= 15 is 0 Å². The Balaban J connectivity index is 2.12. The zero-order valence-electron chi connectivity index (χ0n) is 13.0. The van der Waals surface area contributed by atoms with Crippen LogP contribution in [0.15, 0.2) is 30.3 Å². The highest BCUT2D eigenvalue weighted by Gasteiger charge is 2.07. The third-order valence-corrected chi connectivity index (χ3v) is 2.92. The molecule has 0 unspecified atom stereocenters. The fourth-order valence-electron chi connectivity index (χ4n) is 1.68. The van der Waals surface area contributed by atoms with E-state index in [1.165, 1.54) is 0 Å². The lowest BCUT2D eigenvalue weighted by atomic mass is 10.1. The zero-order chi connectivity index (χ0) is 16.4. The molecular formula is C16H23N3O3. The van der Waals surface area contributed by atoms with Gasteiger partial charge in [-0.1, -0.05) is 44.2 Å². The summed E-state index contributed by atoms with van der Waals surface area (Å²) < 4.78 is 0. The summed E-state index contributed by atoms with van der Waals surface area (Å²) in [7, 11) is 0. The minimum Gasteiger partial charge on any atom is -0.354 e. The third kappa shape index (κ3) is 7.42. The van der Waals surface area contributed by atoms with E-state index < -0.39 is 0 Å². The standard InChI is InChI=1S/C16H23N3O3/c1-12(2)16(22)18-9-8-17-15(21)11-19-14(20)10-13-6-4-3-5-7-13/h3-7,12H,8-11H2,1-2H3,(H,17,21)(H,18,22)(H,19,20). The highest BCUT2D eigenvalue weighted by atomic mass is 16.2. The van der Waals surface area contributed by atoms with Gasteiger partial charge >= 0.3 is 0 Å².